The Morgan fingerprint density at radius 3 is 2.65 bits per heavy atom. The van der Waals surface area contributed by atoms with E-state index < -0.39 is 12.6 Å². The summed E-state index contributed by atoms with van der Waals surface area (Å²) in [5, 5.41) is 8.33. The lowest BCUT2D eigenvalue weighted by Crippen LogP contribution is -2.21. The fourth-order valence-electron chi connectivity index (χ4n) is 1.01. The minimum atomic E-state index is -1.09. The quantitative estimate of drug-likeness (QED) is 0.714. The van der Waals surface area contributed by atoms with Crippen molar-refractivity contribution in [2.24, 2.45) is 0 Å². The van der Waals surface area contributed by atoms with Gasteiger partial charge >= 0.3 is 5.97 Å². The molecular formula is C10H13N3O4. The van der Waals surface area contributed by atoms with Crippen LogP contribution in [0.1, 0.15) is 10.4 Å². The molecule has 0 saturated heterocycles. The first-order valence-electron chi connectivity index (χ1n) is 4.78. The molecule has 0 saturated carbocycles. The number of aromatic nitrogens is 1. The average molecular weight is 239 g/mol. The maximum absolute atomic E-state index is 11.5. The Balaban J connectivity index is 2.56. The first-order chi connectivity index (χ1) is 8.00. The van der Waals surface area contributed by atoms with E-state index >= 15 is 0 Å². The summed E-state index contributed by atoms with van der Waals surface area (Å²) in [6, 6.07) is 3.10. The summed E-state index contributed by atoms with van der Waals surface area (Å²) in [5.74, 6) is -0.908. The van der Waals surface area contributed by atoms with E-state index in [1.807, 2.05) is 0 Å². The standard InChI is InChI=1S/C10H13N3O4/c1-13(2)10(16)7-3-4-8(11-5-7)12-17-6-9(14)15/h3-5H,6H2,1-2H3,(H,11,12)(H,14,15). The van der Waals surface area contributed by atoms with E-state index in [2.05, 4.69) is 15.3 Å². The SMILES string of the molecule is CN(C)C(=O)c1ccc(NOCC(=O)O)nc1. The predicted molar refractivity (Wildman–Crippen MR) is 59.5 cm³/mol. The van der Waals surface area contributed by atoms with Crippen molar-refractivity contribution in [3.8, 4) is 0 Å². The van der Waals surface area contributed by atoms with Crippen LogP contribution >= 0.6 is 0 Å². The maximum Gasteiger partial charge on any atom is 0.332 e. The number of pyridine rings is 1. The third kappa shape index (κ3) is 4.07. The summed E-state index contributed by atoms with van der Waals surface area (Å²) in [6.07, 6.45) is 1.38. The van der Waals surface area contributed by atoms with E-state index in [1.165, 1.54) is 17.2 Å². The lowest BCUT2D eigenvalue weighted by molar-refractivity contribution is -0.141. The zero-order valence-electron chi connectivity index (χ0n) is 9.51. The summed E-state index contributed by atoms with van der Waals surface area (Å²) in [4.78, 5) is 31.6. The largest absolute Gasteiger partial charge is 0.479 e. The third-order valence-electron chi connectivity index (χ3n) is 1.79. The van der Waals surface area contributed by atoms with Gasteiger partial charge in [0.2, 0.25) is 0 Å². The van der Waals surface area contributed by atoms with Crippen molar-refractivity contribution < 1.29 is 19.5 Å². The molecule has 0 spiro atoms. The first kappa shape index (κ1) is 12.9. The minimum absolute atomic E-state index is 0.157. The second-order valence-corrected chi connectivity index (χ2v) is 3.42. The van der Waals surface area contributed by atoms with Gasteiger partial charge in [-0.25, -0.2) is 15.3 Å². The van der Waals surface area contributed by atoms with Crippen molar-refractivity contribution in [3.05, 3.63) is 23.9 Å². The molecule has 1 heterocycles. The summed E-state index contributed by atoms with van der Waals surface area (Å²) in [5.41, 5.74) is 2.80. The van der Waals surface area contributed by atoms with Crippen LogP contribution in [0.4, 0.5) is 5.82 Å². The van der Waals surface area contributed by atoms with Crippen molar-refractivity contribution in [2.75, 3.05) is 26.2 Å². The highest BCUT2D eigenvalue weighted by Gasteiger charge is 2.07. The molecule has 7 nitrogen and oxygen atoms in total. The number of carboxylic acid groups (broad SMARTS) is 1. The second-order valence-electron chi connectivity index (χ2n) is 3.42. The molecule has 0 aliphatic heterocycles. The van der Waals surface area contributed by atoms with Gasteiger partial charge in [-0.15, -0.1) is 0 Å². The molecule has 92 valence electrons. The molecule has 0 aromatic carbocycles. The van der Waals surface area contributed by atoms with E-state index in [9.17, 15) is 9.59 Å². The summed E-state index contributed by atoms with van der Waals surface area (Å²) in [7, 11) is 3.29. The highest BCUT2D eigenvalue weighted by Crippen LogP contribution is 2.06. The molecule has 1 amide bonds. The monoisotopic (exact) mass is 239 g/mol. The number of hydrogen-bond donors (Lipinski definition) is 2. The van der Waals surface area contributed by atoms with Crippen LogP contribution < -0.4 is 5.48 Å². The molecule has 0 bridgehead atoms. The molecule has 0 atom stereocenters. The van der Waals surface area contributed by atoms with Crippen LogP contribution in [0.15, 0.2) is 18.3 Å². The van der Waals surface area contributed by atoms with Gasteiger partial charge in [0.25, 0.3) is 5.91 Å². The number of rotatable bonds is 5. The molecule has 0 radical (unpaired) electrons. The number of carbonyl (C=O) groups is 2. The van der Waals surface area contributed by atoms with Crippen LogP contribution in [-0.2, 0) is 9.63 Å². The van der Waals surface area contributed by atoms with Crippen LogP contribution in [0.25, 0.3) is 0 Å². The highest BCUT2D eigenvalue weighted by atomic mass is 16.7. The van der Waals surface area contributed by atoms with E-state index in [0.717, 1.165) is 0 Å². The second kappa shape index (κ2) is 5.80. The molecule has 0 aliphatic carbocycles. The number of aliphatic carboxylic acids is 1. The molecule has 0 unspecified atom stereocenters. The minimum Gasteiger partial charge on any atom is -0.479 e. The zero-order chi connectivity index (χ0) is 12.8. The number of carboxylic acids is 1. The van der Waals surface area contributed by atoms with Crippen LogP contribution in [-0.4, -0.2) is 47.6 Å². The van der Waals surface area contributed by atoms with Gasteiger partial charge < -0.3 is 10.0 Å². The molecule has 0 aliphatic rings. The zero-order valence-corrected chi connectivity index (χ0v) is 9.51. The fourth-order valence-corrected chi connectivity index (χ4v) is 1.01. The Morgan fingerprint density at radius 2 is 2.18 bits per heavy atom. The fraction of sp³-hybridized carbons (Fsp3) is 0.300. The summed E-state index contributed by atoms with van der Waals surface area (Å²) >= 11 is 0. The Bertz CT molecular complexity index is 403. The molecule has 7 heteroatoms. The number of anilines is 1. The third-order valence-corrected chi connectivity index (χ3v) is 1.79. The van der Waals surface area contributed by atoms with Crippen LogP contribution in [0.2, 0.25) is 0 Å². The van der Waals surface area contributed by atoms with Gasteiger partial charge in [0.05, 0.1) is 5.56 Å². The number of hydrogen-bond acceptors (Lipinski definition) is 5. The average Bonchev–Trinajstić information content (AvgIpc) is 2.28. The van der Waals surface area contributed by atoms with Crippen molar-refractivity contribution in [1.82, 2.24) is 9.88 Å². The summed E-state index contributed by atoms with van der Waals surface area (Å²) in [6.45, 7) is -0.472. The molecule has 1 aromatic rings. The van der Waals surface area contributed by atoms with Crippen molar-refractivity contribution in [3.63, 3.8) is 0 Å². The van der Waals surface area contributed by atoms with Gasteiger partial charge in [-0.1, -0.05) is 0 Å². The number of nitrogens with zero attached hydrogens (tertiary/aromatic N) is 2. The molecular weight excluding hydrogens is 226 g/mol. The van der Waals surface area contributed by atoms with E-state index in [0.29, 0.717) is 11.4 Å². The maximum atomic E-state index is 11.5. The lowest BCUT2D eigenvalue weighted by atomic mass is 10.2. The van der Waals surface area contributed by atoms with Crippen molar-refractivity contribution >= 4 is 17.7 Å². The lowest BCUT2D eigenvalue weighted by Gasteiger charge is -2.10. The number of nitrogens with one attached hydrogen (secondary N) is 1. The van der Waals surface area contributed by atoms with Crippen LogP contribution in [0.5, 0.6) is 0 Å². The van der Waals surface area contributed by atoms with E-state index in [1.54, 1.807) is 20.2 Å². The van der Waals surface area contributed by atoms with E-state index in [-0.39, 0.29) is 5.91 Å². The van der Waals surface area contributed by atoms with Crippen LogP contribution in [0.3, 0.4) is 0 Å². The predicted octanol–water partition coefficient (Wildman–Crippen LogP) is 0.211. The van der Waals surface area contributed by atoms with Gasteiger partial charge in [-0.3, -0.25) is 9.63 Å². The molecule has 2 N–H and O–H groups in total. The normalized spacial score (nSPS) is 9.76. The van der Waals surface area contributed by atoms with E-state index in [4.69, 9.17) is 5.11 Å². The Morgan fingerprint density at radius 1 is 1.47 bits per heavy atom. The van der Waals surface area contributed by atoms with Gasteiger partial charge in [-0.05, 0) is 12.1 Å². The van der Waals surface area contributed by atoms with Crippen molar-refractivity contribution in [2.45, 2.75) is 0 Å². The molecule has 0 fully saturated rings. The smallest absolute Gasteiger partial charge is 0.332 e. The van der Waals surface area contributed by atoms with Gasteiger partial charge in [0, 0.05) is 20.3 Å². The Labute approximate surface area is 98.0 Å². The summed E-state index contributed by atoms with van der Waals surface area (Å²) < 4.78 is 0. The van der Waals surface area contributed by atoms with Gasteiger partial charge in [-0.2, -0.15) is 0 Å². The molecule has 17 heavy (non-hydrogen) atoms. The number of carbonyl (C=O) groups excluding carboxylic acids is 1. The Hall–Kier alpha value is -2.15. The van der Waals surface area contributed by atoms with Crippen LogP contribution in [0, 0.1) is 0 Å². The van der Waals surface area contributed by atoms with Gasteiger partial charge in [0.1, 0.15) is 5.82 Å². The van der Waals surface area contributed by atoms with Gasteiger partial charge in [0.15, 0.2) is 6.61 Å². The Kier molecular flexibility index (Phi) is 4.41. The first-order valence-corrected chi connectivity index (χ1v) is 4.78. The highest BCUT2D eigenvalue weighted by molar-refractivity contribution is 5.93. The molecule has 1 rings (SSSR count). The van der Waals surface area contributed by atoms with Crippen molar-refractivity contribution in [1.29, 1.82) is 0 Å². The number of amides is 1. The topological polar surface area (TPSA) is 91.8 Å². The molecule has 1 aromatic heterocycles.